The van der Waals surface area contributed by atoms with Crippen molar-refractivity contribution in [1.82, 2.24) is 20.1 Å². The molecule has 4 rings (SSSR count). The van der Waals surface area contributed by atoms with Gasteiger partial charge in [0.15, 0.2) is 11.0 Å². The first-order valence-electron chi connectivity index (χ1n) is 9.85. The molecule has 0 saturated heterocycles. The summed E-state index contributed by atoms with van der Waals surface area (Å²) in [5.74, 6) is 1.01. The van der Waals surface area contributed by atoms with Crippen LogP contribution in [-0.2, 0) is 11.3 Å². The van der Waals surface area contributed by atoms with Crippen molar-refractivity contribution in [2.75, 3.05) is 5.75 Å². The summed E-state index contributed by atoms with van der Waals surface area (Å²) in [5.41, 5.74) is 1.99. The molecule has 0 aliphatic carbocycles. The van der Waals surface area contributed by atoms with Gasteiger partial charge in [-0.3, -0.25) is 4.79 Å². The first kappa shape index (κ1) is 21.6. The largest absolute Gasteiger partial charge is 0.344 e. The normalized spacial score (nSPS) is 11.9. The molecule has 0 spiro atoms. The van der Waals surface area contributed by atoms with Crippen molar-refractivity contribution in [3.63, 3.8) is 0 Å². The molecule has 4 aromatic rings. The summed E-state index contributed by atoms with van der Waals surface area (Å²) in [7, 11) is 0. The van der Waals surface area contributed by atoms with Crippen molar-refractivity contribution in [2.24, 2.45) is 0 Å². The third-order valence-corrected chi connectivity index (χ3v) is 6.83. The molecule has 5 nitrogen and oxygen atoms in total. The predicted octanol–water partition coefficient (Wildman–Crippen LogP) is 5.68. The Morgan fingerprint density at radius 2 is 1.81 bits per heavy atom. The molecule has 8 heteroatoms. The number of benzene rings is 2. The zero-order valence-corrected chi connectivity index (χ0v) is 19.3. The van der Waals surface area contributed by atoms with E-state index in [9.17, 15) is 4.79 Å². The Morgan fingerprint density at radius 3 is 2.48 bits per heavy atom. The standard InChI is InChI=1S/C23H21ClN4OS2/c1-2-28-22(19-9-6-14-30-19)26-27-23(28)31-15-20(29)25-21(16-7-4-3-5-8-16)17-10-12-18(24)13-11-17/h3-14,21H,2,15H2,1H3,(H,25,29). The second kappa shape index (κ2) is 10.1. The number of carbonyl (C=O) groups excluding carboxylic acids is 1. The van der Waals surface area contributed by atoms with Gasteiger partial charge in [0.25, 0.3) is 0 Å². The van der Waals surface area contributed by atoms with Gasteiger partial charge in [0.1, 0.15) is 0 Å². The minimum atomic E-state index is -0.253. The molecule has 1 atom stereocenters. The molecular weight excluding hydrogens is 448 g/mol. The molecule has 2 aromatic carbocycles. The van der Waals surface area contributed by atoms with E-state index < -0.39 is 0 Å². The van der Waals surface area contributed by atoms with Crippen LogP contribution in [-0.4, -0.2) is 26.4 Å². The van der Waals surface area contributed by atoms with Gasteiger partial charge in [-0.2, -0.15) is 0 Å². The average Bonchev–Trinajstić information content (AvgIpc) is 3.47. The highest BCUT2D eigenvalue weighted by molar-refractivity contribution is 7.99. The van der Waals surface area contributed by atoms with E-state index in [0.29, 0.717) is 5.02 Å². The molecule has 0 aliphatic rings. The third-order valence-electron chi connectivity index (χ3n) is 4.75. The first-order valence-corrected chi connectivity index (χ1v) is 12.1. The minimum absolute atomic E-state index is 0.0721. The lowest BCUT2D eigenvalue weighted by molar-refractivity contribution is -0.119. The fourth-order valence-corrected chi connectivity index (χ4v) is 4.92. The van der Waals surface area contributed by atoms with Crippen molar-refractivity contribution in [1.29, 1.82) is 0 Å². The quantitative estimate of drug-likeness (QED) is 0.338. The highest BCUT2D eigenvalue weighted by Gasteiger charge is 2.19. The Morgan fingerprint density at radius 1 is 1.06 bits per heavy atom. The Bertz CT molecular complexity index is 1130. The number of nitrogens with zero attached hydrogens (tertiary/aromatic N) is 3. The van der Waals surface area contributed by atoms with Crippen LogP contribution in [0.15, 0.2) is 77.3 Å². The number of aromatic nitrogens is 3. The van der Waals surface area contributed by atoms with Gasteiger partial charge in [0, 0.05) is 11.6 Å². The lowest BCUT2D eigenvalue weighted by atomic mass is 9.99. The van der Waals surface area contributed by atoms with E-state index >= 15 is 0 Å². The van der Waals surface area contributed by atoms with Crippen molar-refractivity contribution < 1.29 is 4.79 Å². The van der Waals surface area contributed by atoms with Crippen LogP contribution in [0.4, 0.5) is 0 Å². The van der Waals surface area contributed by atoms with Gasteiger partial charge in [-0.1, -0.05) is 71.9 Å². The van der Waals surface area contributed by atoms with Gasteiger partial charge in [-0.05, 0) is 41.6 Å². The summed E-state index contributed by atoms with van der Waals surface area (Å²) in [5, 5.41) is 15.2. The highest BCUT2D eigenvalue weighted by atomic mass is 35.5. The van der Waals surface area contributed by atoms with E-state index in [1.165, 1.54) is 11.8 Å². The number of thioether (sulfide) groups is 1. The Balaban J connectivity index is 1.48. The van der Waals surface area contributed by atoms with Crippen LogP contribution in [0.2, 0.25) is 5.02 Å². The van der Waals surface area contributed by atoms with Crippen LogP contribution in [0.3, 0.4) is 0 Å². The van der Waals surface area contributed by atoms with Gasteiger partial charge in [0.05, 0.1) is 16.7 Å². The van der Waals surface area contributed by atoms with E-state index in [-0.39, 0.29) is 17.7 Å². The molecule has 1 amide bonds. The SMILES string of the molecule is CCn1c(SCC(=O)NC(c2ccccc2)c2ccc(Cl)cc2)nnc1-c1cccs1. The van der Waals surface area contributed by atoms with E-state index in [0.717, 1.165) is 33.5 Å². The van der Waals surface area contributed by atoms with Crippen molar-refractivity contribution in [3.8, 4) is 10.7 Å². The summed E-state index contributed by atoms with van der Waals surface area (Å²) >= 11 is 9.07. The second-order valence-corrected chi connectivity index (χ2v) is 9.11. The van der Waals surface area contributed by atoms with Crippen LogP contribution in [0.1, 0.15) is 24.1 Å². The molecule has 1 unspecified atom stereocenters. The number of halogens is 1. The van der Waals surface area contributed by atoms with E-state index in [1.807, 2.05) is 76.7 Å². The fraction of sp³-hybridized carbons (Fsp3) is 0.174. The number of thiophene rings is 1. The molecule has 2 aromatic heterocycles. The summed E-state index contributed by atoms with van der Waals surface area (Å²) in [6.07, 6.45) is 0. The maximum Gasteiger partial charge on any atom is 0.231 e. The first-order chi connectivity index (χ1) is 15.2. The van der Waals surface area contributed by atoms with Crippen molar-refractivity contribution >= 4 is 40.6 Å². The lowest BCUT2D eigenvalue weighted by Crippen LogP contribution is -2.30. The van der Waals surface area contributed by atoms with Gasteiger partial charge in [-0.25, -0.2) is 0 Å². The fourth-order valence-electron chi connectivity index (χ4n) is 3.26. The zero-order valence-electron chi connectivity index (χ0n) is 16.9. The smallest absolute Gasteiger partial charge is 0.231 e. The molecule has 2 heterocycles. The Kier molecular flexibility index (Phi) is 7.06. The van der Waals surface area contributed by atoms with Crippen LogP contribution < -0.4 is 5.32 Å². The number of hydrogen-bond donors (Lipinski definition) is 1. The Hall–Kier alpha value is -2.61. The molecule has 0 radical (unpaired) electrons. The average molecular weight is 469 g/mol. The predicted molar refractivity (Wildman–Crippen MR) is 128 cm³/mol. The Labute approximate surface area is 194 Å². The molecule has 0 fully saturated rings. The highest BCUT2D eigenvalue weighted by Crippen LogP contribution is 2.28. The van der Waals surface area contributed by atoms with E-state index in [1.54, 1.807) is 11.3 Å². The molecule has 1 N–H and O–H groups in total. The van der Waals surface area contributed by atoms with Crippen molar-refractivity contribution in [2.45, 2.75) is 24.7 Å². The number of hydrogen-bond acceptors (Lipinski definition) is 5. The van der Waals surface area contributed by atoms with E-state index in [2.05, 4.69) is 22.4 Å². The van der Waals surface area contributed by atoms with E-state index in [4.69, 9.17) is 11.6 Å². The number of amides is 1. The molecule has 0 bridgehead atoms. The lowest BCUT2D eigenvalue weighted by Gasteiger charge is -2.20. The molecule has 0 aliphatic heterocycles. The summed E-state index contributed by atoms with van der Waals surface area (Å²) in [4.78, 5) is 13.9. The monoisotopic (exact) mass is 468 g/mol. The second-order valence-electron chi connectivity index (χ2n) is 6.78. The maximum absolute atomic E-state index is 12.9. The summed E-state index contributed by atoms with van der Waals surface area (Å²) < 4.78 is 2.04. The zero-order chi connectivity index (χ0) is 21.6. The van der Waals surface area contributed by atoms with Gasteiger partial charge in [-0.15, -0.1) is 21.5 Å². The number of nitrogens with one attached hydrogen (secondary N) is 1. The number of rotatable bonds is 8. The van der Waals surface area contributed by atoms with Crippen LogP contribution in [0, 0.1) is 0 Å². The van der Waals surface area contributed by atoms with Crippen LogP contribution in [0.25, 0.3) is 10.7 Å². The minimum Gasteiger partial charge on any atom is -0.344 e. The maximum atomic E-state index is 12.9. The van der Waals surface area contributed by atoms with Crippen LogP contribution >= 0.6 is 34.7 Å². The van der Waals surface area contributed by atoms with Gasteiger partial charge < -0.3 is 9.88 Å². The number of carbonyl (C=O) groups is 1. The third kappa shape index (κ3) is 5.18. The summed E-state index contributed by atoms with van der Waals surface area (Å²) in [6, 6.07) is 21.2. The topological polar surface area (TPSA) is 59.8 Å². The van der Waals surface area contributed by atoms with Crippen LogP contribution in [0.5, 0.6) is 0 Å². The van der Waals surface area contributed by atoms with Crippen molar-refractivity contribution in [3.05, 3.63) is 88.3 Å². The molecule has 31 heavy (non-hydrogen) atoms. The molecular formula is C23H21ClN4OS2. The van der Waals surface area contributed by atoms with Gasteiger partial charge in [0.2, 0.25) is 5.91 Å². The molecule has 158 valence electrons. The molecule has 0 saturated carbocycles. The van der Waals surface area contributed by atoms with Gasteiger partial charge >= 0.3 is 0 Å². The summed E-state index contributed by atoms with van der Waals surface area (Å²) in [6.45, 7) is 2.79.